The number of hydrogen-bond acceptors (Lipinski definition) is 6. The van der Waals surface area contributed by atoms with E-state index in [0.29, 0.717) is 22.6 Å². The highest BCUT2D eigenvalue weighted by atomic mass is 32.2. The molecule has 2 aromatic rings. The summed E-state index contributed by atoms with van der Waals surface area (Å²) in [6, 6.07) is 13.8. The Hall–Kier alpha value is -2.00. The number of benzene rings is 2. The second-order valence-corrected chi connectivity index (χ2v) is 10.6. The van der Waals surface area contributed by atoms with Gasteiger partial charge in [-0.25, -0.2) is 12.8 Å². The van der Waals surface area contributed by atoms with Gasteiger partial charge in [-0.2, -0.15) is 0 Å². The maximum atomic E-state index is 14.0. The Kier molecular flexibility index (Phi) is 6.86. The summed E-state index contributed by atoms with van der Waals surface area (Å²) in [6.45, 7) is 3.98. The Morgan fingerprint density at radius 1 is 1.00 bits per heavy atom. The Morgan fingerprint density at radius 2 is 1.66 bits per heavy atom. The third-order valence-corrected chi connectivity index (χ3v) is 9.01. The fraction of sp³-hybridized carbons (Fsp3) is 0.500. The minimum absolute atomic E-state index is 0.191. The number of hydrogen-bond donors (Lipinski definition) is 0. The van der Waals surface area contributed by atoms with Gasteiger partial charge in [-0.1, -0.05) is 30.3 Å². The molecule has 0 bridgehead atoms. The Bertz CT molecular complexity index is 1030. The first-order valence-corrected chi connectivity index (χ1v) is 12.6. The predicted molar refractivity (Wildman–Crippen MR) is 122 cm³/mol. The molecule has 1 fully saturated rings. The summed E-state index contributed by atoms with van der Waals surface area (Å²) < 4.78 is 52.0. The minimum atomic E-state index is -3.46. The van der Waals surface area contributed by atoms with Crippen LogP contribution in [0.1, 0.15) is 24.8 Å². The number of ether oxygens (including phenoxy) is 2. The largest absolute Gasteiger partial charge is 0.367 e. The molecule has 6 nitrogen and oxygen atoms in total. The van der Waals surface area contributed by atoms with Crippen molar-refractivity contribution in [2.75, 3.05) is 51.8 Å². The summed E-state index contributed by atoms with van der Waals surface area (Å²) in [6.07, 6.45) is 1.58. The lowest BCUT2D eigenvalue weighted by molar-refractivity contribution is -0.223. The van der Waals surface area contributed by atoms with Gasteiger partial charge in [0, 0.05) is 52.4 Å². The molecule has 2 heterocycles. The molecular formula is C24H31FN2O4S. The van der Waals surface area contributed by atoms with Crippen LogP contribution in [-0.2, 0) is 25.1 Å². The van der Waals surface area contributed by atoms with Crippen LogP contribution < -0.4 is 4.90 Å². The summed E-state index contributed by atoms with van der Waals surface area (Å²) in [7, 11) is -0.335. The zero-order chi connectivity index (χ0) is 22.8. The van der Waals surface area contributed by atoms with Gasteiger partial charge in [0.1, 0.15) is 5.82 Å². The van der Waals surface area contributed by atoms with Gasteiger partial charge >= 0.3 is 0 Å². The second kappa shape index (κ2) is 9.47. The van der Waals surface area contributed by atoms with Crippen molar-refractivity contribution in [2.24, 2.45) is 0 Å². The SMILES string of the molecule is COC1(OC)CC(CCCN2CCN(c3ccccc3F)CC2)S(=O)(=O)c2ccccc21. The molecule has 174 valence electrons. The number of rotatable bonds is 7. The molecule has 0 spiro atoms. The number of anilines is 1. The molecule has 2 aliphatic heterocycles. The maximum absolute atomic E-state index is 14.0. The third kappa shape index (κ3) is 4.29. The van der Waals surface area contributed by atoms with E-state index < -0.39 is 20.9 Å². The van der Waals surface area contributed by atoms with Crippen molar-refractivity contribution in [3.05, 3.63) is 59.9 Å². The van der Waals surface area contributed by atoms with E-state index in [1.165, 1.54) is 6.07 Å². The summed E-state index contributed by atoms with van der Waals surface area (Å²) in [5.41, 5.74) is 1.22. The van der Waals surface area contributed by atoms with Gasteiger partial charge in [0.2, 0.25) is 0 Å². The lowest BCUT2D eigenvalue weighted by atomic mass is 9.97. The number of halogens is 1. The van der Waals surface area contributed by atoms with E-state index in [1.54, 1.807) is 38.5 Å². The quantitative estimate of drug-likeness (QED) is 0.588. The van der Waals surface area contributed by atoms with Gasteiger partial charge in [-0.05, 0) is 37.6 Å². The van der Waals surface area contributed by atoms with Crippen molar-refractivity contribution in [1.82, 2.24) is 4.90 Å². The fourth-order valence-electron chi connectivity index (χ4n) is 4.92. The normalized spacial score (nSPS) is 22.5. The van der Waals surface area contributed by atoms with Gasteiger partial charge in [-0.3, -0.25) is 4.90 Å². The molecule has 0 aromatic heterocycles. The first kappa shape index (κ1) is 23.2. The number of sulfone groups is 1. The van der Waals surface area contributed by atoms with Crippen molar-refractivity contribution in [3.8, 4) is 0 Å². The van der Waals surface area contributed by atoms with Gasteiger partial charge in [0.05, 0.1) is 15.8 Å². The lowest BCUT2D eigenvalue weighted by Crippen LogP contribution is -2.47. The van der Waals surface area contributed by atoms with Crippen LogP contribution in [0.25, 0.3) is 0 Å². The molecule has 1 atom stereocenters. The highest BCUT2D eigenvalue weighted by Crippen LogP contribution is 2.44. The zero-order valence-corrected chi connectivity index (χ0v) is 19.5. The first-order chi connectivity index (χ1) is 15.4. The van der Waals surface area contributed by atoms with E-state index in [1.807, 2.05) is 18.2 Å². The lowest BCUT2D eigenvalue weighted by Gasteiger charge is -2.40. The molecule has 8 heteroatoms. The van der Waals surface area contributed by atoms with Crippen LogP contribution in [0.15, 0.2) is 53.4 Å². The average Bonchev–Trinajstić information content (AvgIpc) is 2.82. The molecular weight excluding hydrogens is 431 g/mol. The molecule has 0 saturated carbocycles. The summed E-state index contributed by atoms with van der Waals surface area (Å²) >= 11 is 0. The molecule has 0 N–H and O–H groups in total. The van der Waals surface area contributed by atoms with Crippen LogP contribution in [0.5, 0.6) is 0 Å². The summed E-state index contributed by atoms with van der Waals surface area (Å²) in [5, 5.41) is -0.558. The molecule has 2 aromatic carbocycles. The highest BCUT2D eigenvalue weighted by molar-refractivity contribution is 7.92. The number of methoxy groups -OCH3 is 2. The van der Waals surface area contributed by atoms with Gasteiger partial charge in [0.15, 0.2) is 15.6 Å². The van der Waals surface area contributed by atoms with Gasteiger partial charge in [0.25, 0.3) is 0 Å². The number of piperazine rings is 1. The number of para-hydroxylation sites is 1. The first-order valence-electron chi connectivity index (χ1n) is 11.1. The van der Waals surface area contributed by atoms with Gasteiger partial charge < -0.3 is 14.4 Å². The van der Waals surface area contributed by atoms with Crippen LogP contribution in [0.3, 0.4) is 0 Å². The Morgan fingerprint density at radius 3 is 2.34 bits per heavy atom. The third-order valence-electron chi connectivity index (χ3n) is 6.76. The molecule has 1 saturated heterocycles. The molecule has 0 aliphatic carbocycles. The molecule has 2 aliphatic rings. The molecule has 32 heavy (non-hydrogen) atoms. The van der Waals surface area contributed by atoms with Crippen LogP contribution in [-0.4, -0.2) is 65.5 Å². The van der Waals surface area contributed by atoms with Crippen LogP contribution >= 0.6 is 0 Å². The average molecular weight is 463 g/mol. The van der Waals surface area contributed by atoms with Gasteiger partial charge in [-0.15, -0.1) is 0 Å². The monoisotopic (exact) mass is 462 g/mol. The van der Waals surface area contributed by atoms with Crippen molar-refractivity contribution in [1.29, 1.82) is 0 Å². The molecule has 0 amide bonds. The Balaban J connectivity index is 1.37. The predicted octanol–water partition coefficient (Wildman–Crippen LogP) is 3.42. The summed E-state index contributed by atoms with van der Waals surface area (Å²) in [5.74, 6) is -1.23. The topological polar surface area (TPSA) is 59.1 Å². The van der Waals surface area contributed by atoms with Crippen LogP contribution in [0.4, 0.5) is 10.1 Å². The minimum Gasteiger partial charge on any atom is -0.367 e. The highest BCUT2D eigenvalue weighted by Gasteiger charge is 2.48. The second-order valence-electron chi connectivity index (χ2n) is 8.45. The van der Waals surface area contributed by atoms with Crippen molar-refractivity contribution >= 4 is 15.5 Å². The number of fused-ring (bicyclic) bond motifs is 1. The van der Waals surface area contributed by atoms with E-state index in [2.05, 4.69) is 9.80 Å². The molecule has 4 rings (SSSR count). The Labute approximate surface area is 189 Å². The maximum Gasteiger partial charge on any atom is 0.196 e. The van der Waals surface area contributed by atoms with E-state index >= 15 is 0 Å². The van der Waals surface area contributed by atoms with E-state index in [0.717, 1.165) is 39.1 Å². The standard InChI is InChI=1S/C24H31FN2O4S/c1-30-24(31-2)18-19(32(28,29)23-12-6-3-9-20(23)24)8-7-13-26-14-16-27(17-15-26)22-11-5-4-10-21(22)25/h3-6,9-12,19H,7-8,13-18H2,1-2H3. The van der Waals surface area contributed by atoms with E-state index in [4.69, 9.17) is 9.47 Å². The zero-order valence-electron chi connectivity index (χ0n) is 18.7. The van der Waals surface area contributed by atoms with Crippen LogP contribution in [0, 0.1) is 5.82 Å². The van der Waals surface area contributed by atoms with Crippen LogP contribution in [0.2, 0.25) is 0 Å². The summed E-state index contributed by atoms with van der Waals surface area (Å²) in [4.78, 5) is 4.69. The fourth-order valence-corrected chi connectivity index (χ4v) is 6.99. The van der Waals surface area contributed by atoms with E-state index in [9.17, 15) is 12.8 Å². The molecule has 1 unspecified atom stereocenters. The van der Waals surface area contributed by atoms with Crippen molar-refractivity contribution in [3.63, 3.8) is 0 Å². The van der Waals surface area contributed by atoms with Crippen molar-refractivity contribution < 1.29 is 22.3 Å². The van der Waals surface area contributed by atoms with Crippen molar-refractivity contribution in [2.45, 2.75) is 35.2 Å². The smallest absolute Gasteiger partial charge is 0.196 e. The van der Waals surface area contributed by atoms with E-state index in [-0.39, 0.29) is 12.2 Å². The number of nitrogens with zero attached hydrogens (tertiary/aromatic N) is 2. The molecule has 0 radical (unpaired) electrons.